The number of nitrogens with zero attached hydrogens (tertiary/aromatic N) is 5. The van der Waals surface area contributed by atoms with Crippen LogP contribution in [0.15, 0.2) is 46.2 Å². The van der Waals surface area contributed by atoms with Crippen molar-refractivity contribution in [2.45, 2.75) is 44.6 Å². The lowest BCUT2D eigenvalue weighted by Gasteiger charge is -2.18. The number of aliphatic hydroxyl groups is 2. The van der Waals surface area contributed by atoms with Gasteiger partial charge in [0.1, 0.15) is 23.7 Å². The van der Waals surface area contributed by atoms with Crippen LogP contribution in [0.4, 0.5) is 8.78 Å². The Morgan fingerprint density at radius 3 is 2.48 bits per heavy atom. The van der Waals surface area contributed by atoms with Crippen molar-refractivity contribution < 1.29 is 23.7 Å². The van der Waals surface area contributed by atoms with Gasteiger partial charge in [0, 0.05) is 5.56 Å². The van der Waals surface area contributed by atoms with Crippen LogP contribution >= 0.6 is 0 Å². The molecule has 2 aromatic heterocycles. The number of hydrogen-bond donors (Lipinski definition) is 2. The maximum atomic E-state index is 14.3. The summed E-state index contributed by atoms with van der Waals surface area (Å²) in [5.41, 5.74) is -1.62. The summed E-state index contributed by atoms with van der Waals surface area (Å²) in [4.78, 5) is 25.0. The highest BCUT2D eigenvalue weighted by atomic mass is 19.1. The fourth-order valence-corrected chi connectivity index (χ4v) is 3.42. The van der Waals surface area contributed by atoms with Gasteiger partial charge < -0.3 is 14.9 Å². The Kier molecular flexibility index (Phi) is 5.52. The minimum Gasteiger partial charge on any atom is -0.388 e. The second-order valence-electron chi connectivity index (χ2n) is 7.27. The lowest BCUT2D eigenvalue weighted by Crippen LogP contribution is -2.44. The highest BCUT2D eigenvalue weighted by molar-refractivity contribution is 5.17. The van der Waals surface area contributed by atoms with Crippen molar-refractivity contribution in [3.63, 3.8) is 0 Å². The molecule has 4 atom stereocenters. The van der Waals surface area contributed by atoms with E-state index < -0.39 is 54.0 Å². The van der Waals surface area contributed by atoms with Crippen LogP contribution in [0.3, 0.4) is 0 Å². The zero-order valence-corrected chi connectivity index (χ0v) is 16.3. The van der Waals surface area contributed by atoms with Crippen LogP contribution in [-0.4, -0.2) is 52.7 Å². The van der Waals surface area contributed by atoms with E-state index in [4.69, 9.17) is 4.74 Å². The van der Waals surface area contributed by atoms with Gasteiger partial charge in [-0.15, -0.1) is 5.10 Å². The van der Waals surface area contributed by atoms with E-state index in [0.717, 1.165) is 4.57 Å². The Labute approximate surface area is 173 Å². The van der Waals surface area contributed by atoms with Gasteiger partial charge >= 0.3 is 5.69 Å². The van der Waals surface area contributed by atoms with Gasteiger partial charge in [-0.05, 0) is 13.0 Å². The Bertz CT molecular complexity index is 1220. The van der Waals surface area contributed by atoms with E-state index in [2.05, 4.69) is 10.3 Å². The third-order valence-electron chi connectivity index (χ3n) is 5.10. The van der Waals surface area contributed by atoms with Crippen LogP contribution in [0.5, 0.6) is 0 Å². The number of halogens is 2. The monoisotopic (exact) mass is 435 g/mol. The Hall–Kier alpha value is -3.22. The van der Waals surface area contributed by atoms with E-state index in [0.29, 0.717) is 16.3 Å². The SMILES string of the molecule is CC1OC(n2cc(F)c(=O)n(Cc3cn(Cc4ccccc4F)nn3)c2=O)C(O)C1O. The molecule has 0 radical (unpaired) electrons. The van der Waals surface area contributed by atoms with E-state index in [1.807, 2.05) is 0 Å². The zero-order valence-electron chi connectivity index (χ0n) is 16.3. The van der Waals surface area contributed by atoms with Gasteiger partial charge in [-0.2, -0.15) is 4.39 Å². The number of rotatable bonds is 5. The molecule has 0 saturated carbocycles. The summed E-state index contributed by atoms with van der Waals surface area (Å²) in [6, 6.07) is 6.11. The largest absolute Gasteiger partial charge is 0.388 e. The first-order valence-electron chi connectivity index (χ1n) is 9.41. The summed E-state index contributed by atoms with van der Waals surface area (Å²) in [6.07, 6.45) is -2.89. The van der Waals surface area contributed by atoms with E-state index in [9.17, 15) is 28.6 Å². The van der Waals surface area contributed by atoms with Crippen LogP contribution in [0.2, 0.25) is 0 Å². The number of ether oxygens (including phenoxy) is 1. The van der Waals surface area contributed by atoms with Crippen LogP contribution in [0.1, 0.15) is 24.4 Å². The van der Waals surface area contributed by atoms with Gasteiger partial charge in [0.2, 0.25) is 5.82 Å². The first-order chi connectivity index (χ1) is 14.8. The summed E-state index contributed by atoms with van der Waals surface area (Å²) >= 11 is 0. The molecule has 0 spiro atoms. The number of hydrogen-bond acceptors (Lipinski definition) is 7. The molecule has 1 aliphatic heterocycles. The van der Waals surface area contributed by atoms with Crippen molar-refractivity contribution >= 4 is 0 Å². The van der Waals surface area contributed by atoms with Gasteiger partial charge in [-0.1, -0.05) is 23.4 Å². The summed E-state index contributed by atoms with van der Waals surface area (Å²) in [5.74, 6) is -1.67. The molecule has 1 saturated heterocycles. The predicted molar refractivity (Wildman–Crippen MR) is 101 cm³/mol. The standard InChI is InChI=1S/C19H19F2N5O5/c1-10-15(27)16(28)18(31-10)26-9-14(21)17(29)25(19(26)30)8-12-7-24(23-22-12)6-11-4-2-3-5-13(11)20/h2-5,7,9-10,15-16,18,27-28H,6,8H2,1H3. The summed E-state index contributed by atoms with van der Waals surface area (Å²) in [5, 5.41) is 27.7. The molecular formula is C19H19F2N5O5. The topological polar surface area (TPSA) is 124 Å². The average Bonchev–Trinajstić information content (AvgIpc) is 3.29. The molecule has 4 unspecified atom stereocenters. The third kappa shape index (κ3) is 3.92. The maximum absolute atomic E-state index is 14.3. The minimum absolute atomic E-state index is 0.0693. The smallest absolute Gasteiger partial charge is 0.333 e. The maximum Gasteiger partial charge on any atom is 0.333 e. The van der Waals surface area contributed by atoms with Crippen molar-refractivity contribution in [1.29, 1.82) is 0 Å². The molecule has 1 aliphatic rings. The van der Waals surface area contributed by atoms with Gasteiger partial charge in [0.05, 0.1) is 31.6 Å². The van der Waals surface area contributed by atoms with Crippen molar-refractivity contribution in [3.8, 4) is 0 Å². The van der Waals surface area contributed by atoms with Crippen LogP contribution in [0, 0.1) is 11.6 Å². The Balaban J connectivity index is 1.63. The van der Waals surface area contributed by atoms with E-state index in [1.165, 1.54) is 23.9 Å². The van der Waals surface area contributed by atoms with Crippen molar-refractivity contribution in [2.75, 3.05) is 0 Å². The number of aromatic nitrogens is 5. The number of benzene rings is 1. The van der Waals surface area contributed by atoms with Crippen LogP contribution in [-0.2, 0) is 17.8 Å². The first-order valence-corrected chi connectivity index (χ1v) is 9.41. The van der Waals surface area contributed by atoms with E-state index in [1.54, 1.807) is 18.2 Å². The second-order valence-corrected chi connectivity index (χ2v) is 7.27. The van der Waals surface area contributed by atoms with Crippen molar-refractivity contribution in [3.05, 3.63) is 80.4 Å². The number of aliphatic hydroxyl groups excluding tert-OH is 2. The molecule has 1 aromatic carbocycles. The highest BCUT2D eigenvalue weighted by Crippen LogP contribution is 2.27. The summed E-state index contributed by atoms with van der Waals surface area (Å²) in [6.45, 7) is 1.15. The fraction of sp³-hybridized carbons (Fsp3) is 0.368. The fourth-order valence-electron chi connectivity index (χ4n) is 3.42. The molecular weight excluding hydrogens is 416 g/mol. The normalized spacial score (nSPS) is 23.4. The molecule has 12 heteroatoms. The lowest BCUT2D eigenvalue weighted by atomic mass is 10.1. The third-order valence-corrected chi connectivity index (χ3v) is 5.10. The molecule has 2 N–H and O–H groups in total. The zero-order chi connectivity index (χ0) is 22.3. The molecule has 31 heavy (non-hydrogen) atoms. The quantitative estimate of drug-likeness (QED) is 0.560. The predicted octanol–water partition coefficient (Wildman–Crippen LogP) is -0.385. The molecule has 0 aliphatic carbocycles. The molecule has 4 rings (SSSR count). The molecule has 0 amide bonds. The minimum atomic E-state index is -1.49. The van der Waals surface area contributed by atoms with E-state index in [-0.39, 0.29) is 12.2 Å². The van der Waals surface area contributed by atoms with Gasteiger partial charge in [0.25, 0.3) is 5.56 Å². The Morgan fingerprint density at radius 2 is 1.81 bits per heavy atom. The molecule has 10 nitrogen and oxygen atoms in total. The van der Waals surface area contributed by atoms with Gasteiger partial charge in [-0.3, -0.25) is 13.9 Å². The lowest BCUT2D eigenvalue weighted by molar-refractivity contribution is -0.0364. The molecule has 1 fully saturated rings. The second kappa shape index (κ2) is 8.13. The average molecular weight is 435 g/mol. The summed E-state index contributed by atoms with van der Waals surface area (Å²) < 4.78 is 36.0. The van der Waals surface area contributed by atoms with E-state index >= 15 is 0 Å². The first kappa shape index (κ1) is 21.0. The van der Waals surface area contributed by atoms with Crippen molar-refractivity contribution in [2.24, 2.45) is 0 Å². The van der Waals surface area contributed by atoms with Crippen molar-refractivity contribution in [1.82, 2.24) is 24.1 Å². The molecule has 3 heterocycles. The molecule has 3 aromatic rings. The van der Waals surface area contributed by atoms with Crippen LogP contribution < -0.4 is 11.2 Å². The molecule has 0 bridgehead atoms. The van der Waals surface area contributed by atoms with Gasteiger partial charge in [-0.25, -0.2) is 13.9 Å². The van der Waals surface area contributed by atoms with Crippen LogP contribution in [0.25, 0.3) is 0 Å². The van der Waals surface area contributed by atoms with Gasteiger partial charge in [0.15, 0.2) is 6.23 Å². The summed E-state index contributed by atoms with van der Waals surface area (Å²) in [7, 11) is 0. The highest BCUT2D eigenvalue weighted by Gasteiger charge is 2.42. The molecule has 164 valence electrons. The Morgan fingerprint density at radius 1 is 1.06 bits per heavy atom.